The molecule has 4 rings (SSSR count). The molecule has 25 heavy (non-hydrogen) atoms. The van der Waals surface area contributed by atoms with Crippen molar-refractivity contribution in [2.45, 2.75) is 63.9 Å². The summed E-state index contributed by atoms with van der Waals surface area (Å²) in [6, 6.07) is 1.91. The highest BCUT2D eigenvalue weighted by molar-refractivity contribution is 6.06. The molecule has 2 atom stereocenters. The van der Waals surface area contributed by atoms with Crippen molar-refractivity contribution >= 4 is 17.0 Å². The third-order valence-electron chi connectivity index (χ3n) is 5.42. The monoisotopic (exact) mass is 343 g/mol. The summed E-state index contributed by atoms with van der Waals surface area (Å²) in [6.45, 7) is 4.57. The van der Waals surface area contributed by atoms with Crippen LogP contribution in [0.4, 0.5) is 0 Å². The second-order valence-corrected chi connectivity index (χ2v) is 7.74. The van der Waals surface area contributed by atoms with Crippen molar-refractivity contribution in [1.82, 2.24) is 15.5 Å². The maximum Gasteiger partial charge on any atom is 0.259 e. The molecule has 0 bridgehead atoms. The number of hydrogen-bond donors (Lipinski definition) is 2. The lowest BCUT2D eigenvalue weighted by Gasteiger charge is -2.15. The summed E-state index contributed by atoms with van der Waals surface area (Å²) in [5.74, 6) is 0.605. The molecule has 0 aliphatic heterocycles. The molecule has 2 aliphatic rings. The van der Waals surface area contributed by atoms with Gasteiger partial charge in [0.05, 0.1) is 22.7 Å². The van der Waals surface area contributed by atoms with Gasteiger partial charge in [-0.1, -0.05) is 25.4 Å². The Balaban J connectivity index is 1.65. The molecule has 2 unspecified atom stereocenters. The van der Waals surface area contributed by atoms with Crippen LogP contribution < -0.4 is 5.32 Å². The van der Waals surface area contributed by atoms with Crippen molar-refractivity contribution in [3.8, 4) is 0 Å². The van der Waals surface area contributed by atoms with Gasteiger partial charge in [0.2, 0.25) is 0 Å². The normalized spacial score (nSPS) is 23.5. The predicted octanol–water partition coefficient (Wildman–Crippen LogP) is 3.11. The number of rotatable bonds is 5. The molecule has 0 aromatic carbocycles. The summed E-state index contributed by atoms with van der Waals surface area (Å²) >= 11 is 0. The van der Waals surface area contributed by atoms with E-state index in [0.29, 0.717) is 23.7 Å². The van der Waals surface area contributed by atoms with Gasteiger partial charge >= 0.3 is 0 Å². The smallest absolute Gasteiger partial charge is 0.259 e. The Labute approximate surface area is 147 Å². The molecule has 2 aromatic rings. The lowest BCUT2D eigenvalue weighted by Crippen LogP contribution is -2.32. The lowest BCUT2D eigenvalue weighted by molar-refractivity contribution is 0.0918. The second kappa shape index (κ2) is 6.41. The SMILES string of the molecule is CC(C)c1noc2nc(C3CC3)cc(C(=O)NCC3CCCC3O)c12. The quantitative estimate of drug-likeness (QED) is 0.871. The van der Waals surface area contributed by atoms with Gasteiger partial charge in [0, 0.05) is 24.1 Å². The molecular weight excluding hydrogens is 318 g/mol. The summed E-state index contributed by atoms with van der Waals surface area (Å²) < 4.78 is 5.43. The molecule has 134 valence electrons. The molecule has 6 nitrogen and oxygen atoms in total. The predicted molar refractivity (Wildman–Crippen MR) is 93.5 cm³/mol. The lowest BCUT2D eigenvalue weighted by atomic mass is 10.0. The number of nitrogens with one attached hydrogen (secondary N) is 1. The molecule has 2 heterocycles. The zero-order valence-corrected chi connectivity index (χ0v) is 14.8. The number of aliphatic hydroxyl groups is 1. The highest BCUT2D eigenvalue weighted by Gasteiger charge is 2.30. The van der Waals surface area contributed by atoms with E-state index in [1.165, 1.54) is 0 Å². The molecule has 0 radical (unpaired) electrons. The molecular formula is C19H25N3O3. The molecule has 2 aromatic heterocycles. The van der Waals surface area contributed by atoms with E-state index in [4.69, 9.17) is 4.52 Å². The van der Waals surface area contributed by atoms with Gasteiger partial charge in [-0.05, 0) is 37.7 Å². The number of amides is 1. The van der Waals surface area contributed by atoms with Gasteiger partial charge in [0.25, 0.3) is 11.6 Å². The number of hydrogen-bond acceptors (Lipinski definition) is 5. The Bertz CT molecular complexity index is 795. The Morgan fingerprint density at radius 2 is 2.16 bits per heavy atom. The maximum atomic E-state index is 12.9. The third kappa shape index (κ3) is 3.15. The van der Waals surface area contributed by atoms with Crippen LogP contribution in [0.2, 0.25) is 0 Å². The number of carbonyl (C=O) groups is 1. The van der Waals surface area contributed by atoms with Crippen molar-refractivity contribution in [2.24, 2.45) is 5.92 Å². The minimum atomic E-state index is -0.304. The van der Waals surface area contributed by atoms with E-state index in [1.54, 1.807) is 0 Å². The van der Waals surface area contributed by atoms with Gasteiger partial charge in [-0.25, -0.2) is 4.98 Å². The van der Waals surface area contributed by atoms with Crippen LogP contribution in [-0.4, -0.2) is 33.8 Å². The number of fused-ring (bicyclic) bond motifs is 1. The Hall–Kier alpha value is -1.95. The van der Waals surface area contributed by atoms with Crippen LogP contribution in [-0.2, 0) is 0 Å². The van der Waals surface area contributed by atoms with Crippen LogP contribution in [0.25, 0.3) is 11.1 Å². The van der Waals surface area contributed by atoms with Crippen molar-refractivity contribution in [2.75, 3.05) is 6.54 Å². The van der Waals surface area contributed by atoms with Crippen LogP contribution in [0.1, 0.15) is 79.5 Å². The van der Waals surface area contributed by atoms with Gasteiger partial charge in [-0.3, -0.25) is 4.79 Å². The second-order valence-electron chi connectivity index (χ2n) is 7.74. The average molecular weight is 343 g/mol. The van der Waals surface area contributed by atoms with Crippen molar-refractivity contribution in [3.05, 3.63) is 23.0 Å². The number of aromatic nitrogens is 2. The van der Waals surface area contributed by atoms with E-state index in [2.05, 4.69) is 15.5 Å². The van der Waals surface area contributed by atoms with Crippen LogP contribution in [0.15, 0.2) is 10.6 Å². The van der Waals surface area contributed by atoms with Crippen LogP contribution in [0.5, 0.6) is 0 Å². The summed E-state index contributed by atoms with van der Waals surface area (Å²) in [4.78, 5) is 17.5. The largest absolute Gasteiger partial charge is 0.393 e. The van der Waals surface area contributed by atoms with Gasteiger partial charge < -0.3 is 14.9 Å². The minimum Gasteiger partial charge on any atom is -0.393 e. The van der Waals surface area contributed by atoms with Gasteiger partial charge in [0.15, 0.2) is 0 Å². The van der Waals surface area contributed by atoms with Crippen molar-refractivity contribution in [3.63, 3.8) is 0 Å². The Morgan fingerprint density at radius 3 is 2.80 bits per heavy atom. The number of nitrogens with zero attached hydrogens (tertiary/aromatic N) is 2. The molecule has 0 spiro atoms. The summed E-state index contributed by atoms with van der Waals surface area (Å²) in [6.07, 6.45) is 4.73. The number of pyridine rings is 1. The topological polar surface area (TPSA) is 88.2 Å². The van der Waals surface area contributed by atoms with Crippen molar-refractivity contribution < 1.29 is 14.4 Å². The number of carbonyl (C=O) groups excluding carboxylic acids is 1. The van der Waals surface area contributed by atoms with E-state index in [9.17, 15) is 9.90 Å². The first-order valence-electron chi connectivity index (χ1n) is 9.31. The van der Waals surface area contributed by atoms with E-state index in [-0.39, 0.29) is 23.8 Å². The molecule has 2 N–H and O–H groups in total. The zero-order chi connectivity index (χ0) is 17.6. The fourth-order valence-corrected chi connectivity index (χ4v) is 3.73. The van der Waals surface area contributed by atoms with E-state index in [0.717, 1.165) is 48.9 Å². The highest BCUT2D eigenvalue weighted by Crippen LogP contribution is 2.41. The van der Waals surface area contributed by atoms with E-state index >= 15 is 0 Å². The standard InChI is InChI=1S/C19H25N3O3/c1-10(2)17-16-13(18(24)20-9-12-4-3-5-15(12)23)8-14(11-6-7-11)21-19(16)25-22-17/h8,10-12,15,23H,3-7,9H2,1-2H3,(H,20,24). The van der Waals surface area contributed by atoms with Crippen LogP contribution >= 0.6 is 0 Å². The summed E-state index contributed by atoms with van der Waals surface area (Å²) in [5.41, 5.74) is 2.75. The molecule has 6 heteroatoms. The first-order valence-corrected chi connectivity index (χ1v) is 9.31. The fraction of sp³-hybridized carbons (Fsp3) is 0.632. The number of aliphatic hydroxyl groups excluding tert-OH is 1. The van der Waals surface area contributed by atoms with E-state index < -0.39 is 0 Å². The first kappa shape index (κ1) is 16.5. The molecule has 2 fully saturated rings. The molecule has 1 amide bonds. The first-order chi connectivity index (χ1) is 12.0. The van der Waals surface area contributed by atoms with Gasteiger partial charge in [0.1, 0.15) is 0 Å². The summed E-state index contributed by atoms with van der Waals surface area (Å²) in [7, 11) is 0. The van der Waals surface area contributed by atoms with Gasteiger partial charge in [-0.15, -0.1) is 0 Å². The molecule has 2 saturated carbocycles. The zero-order valence-electron chi connectivity index (χ0n) is 14.8. The van der Waals surface area contributed by atoms with Crippen LogP contribution in [0, 0.1) is 5.92 Å². The maximum absolute atomic E-state index is 12.9. The van der Waals surface area contributed by atoms with Gasteiger partial charge in [-0.2, -0.15) is 0 Å². The minimum absolute atomic E-state index is 0.126. The third-order valence-corrected chi connectivity index (χ3v) is 5.42. The van der Waals surface area contributed by atoms with Crippen LogP contribution in [0.3, 0.4) is 0 Å². The molecule has 2 aliphatic carbocycles. The highest BCUT2D eigenvalue weighted by atomic mass is 16.5. The summed E-state index contributed by atoms with van der Waals surface area (Å²) in [5, 5.41) is 17.9. The van der Waals surface area contributed by atoms with E-state index in [1.807, 2.05) is 19.9 Å². The average Bonchev–Trinajstić information content (AvgIpc) is 3.22. The Kier molecular flexibility index (Phi) is 4.23. The fourth-order valence-electron chi connectivity index (χ4n) is 3.73. The Morgan fingerprint density at radius 1 is 1.36 bits per heavy atom. The van der Waals surface area contributed by atoms with Crippen molar-refractivity contribution in [1.29, 1.82) is 0 Å². The molecule has 0 saturated heterocycles.